The van der Waals surface area contributed by atoms with E-state index in [9.17, 15) is 9.18 Å². The van der Waals surface area contributed by atoms with Crippen molar-refractivity contribution in [1.29, 1.82) is 0 Å². The summed E-state index contributed by atoms with van der Waals surface area (Å²) in [6, 6.07) is 4.72. The zero-order chi connectivity index (χ0) is 14.5. The number of hydrogen-bond acceptors (Lipinski definition) is 4. The summed E-state index contributed by atoms with van der Waals surface area (Å²) >= 11 is 6.02. The van der Waals surface area contributed by atoms with E-state index in [1.807, 2.05) is 4.90 Å². The van der Waals surface area contributed by atoms with Gasteiger partial charge in [-0.3, -0.25) is 20.0 Å². The van der Waals surface area contributed by atoms with Gasteiger partial charge in [0.15, 0.2) is 0 Å². The number of hydrazine groups is 1. The number of nitrogens with two attached hydrogens (primary N) is 1. The van der Waals surface area contributed by atoms with Crippen LogP contribution in [-0.2, 0) is 11.3 Å². The Bertz CT molecular complexity index is 457. The molecule has 1 aromatic carbocycles. The number of nitrogens with zero attached hydrogens (tertiary/aromatic N) is 2. The molecule has 0 bridgehead atoms. The Morgan fingerprint density at radius 1 is 1.30 bits per heavy atom. The van der Waals surface area contributed by atoms with Gasteiger partial charge in [0.2, 0.25) is 5.91 Å². The molecular formula is C13H18ClFN4O. The van der Waals surface area contributed by atoms with E-state index in [0.29, 0.717) is 23.7 Å². The summed E-state index contributed by atoms with van der Waals surface area (Å²) in [4.78, 5) is 15.3. The minimum atomic E-state index is -0.276. The zero-order valence-electron chi connectivity index (χ0n) is 11.1. The molecular weight excluding hydrogens is 283 g/mol. The maximum Gasteiger partial charge on any atom is 0.248 e. The zero-order valence-corrected chi connectivity index (χ0v) is 11.9. The number of piperazine rings is 1. The van der Waals surface area contributed by atoms with Crippen molar-refractivity contribution >= 4 is 17.5 Å². The second-order valence-electron chi connectivity index (χ2n) is 4.82. The molecule has 2 rings (SSSR count). The smallest absolute Gasteiger partial charge is 0.248 e. The third kappa shape index (κ3) is 3.89. The molecule has 1 saturated heterocycles. The molecule has 1 amide bonds. The molecule has 0 aromatic heterocycles. The fraction of sp³-hybridized carbons (Fsp3) is 0.462. The van der Waals surface area contributed by atoms with Gasteiger partial charge >= 0.3 is 0 Å². The van der Waals surface area contributed by atoms with Crippen LogP contribution in [0.15, 0.2) is 18.2 Å². The average Bonchev–Trinajstić information content (AvgIpc) is 2.44. The van der Waals surface area contributed by atoms with Crippen molar-refractivity contribution in [2.24, 2.45) is 5.84 Å². The van der Waals surface area contributed by atoms with Crippen LogP contribution in [0.2, 0.25) is 5.02 Å². The second-order valence-corrected chi connectivity index (χ2v) is 5.23. The number of hydrogen-bond donors (Lipinski definition) is 2. The lowest BCUT2D eigenvalue weighted by atomic mass is 10.2. The molecule has 0 radical (unpaired) electrons. The molecule has 0 spiro atoms. The molecule has 3 N–H and O–H groups in total. The second kappa shape index (κ2) is 6.99. The summed E-state index contributed by atoms with van der Waals surface area (Å²) in [6.07, 6.45) is 0. The van der Waals surface area contributed by atoms with E-state index in [4.69, 9.17) is 17.4 Å². The van der Waals surface area contributed by atoms with Crippen molar-refractivity contribution in [3.63, 3.8) is 0 Å². The van der Waals surface area contributed by atoms with Crippen LogP contribution < -0.4 is 11.3 Å². The highest BCUT2D eigenvalue weighted by Crippen LogP contribution is 2.21. The minimum Gasteiger partial charge on any atom is -0.296 e. The van der Waals surface area contributed by atoms with Gasteiger partial charge in [0.1, 0.15) is 5.82 Å². The Morgan fingerprint density at radius 2 is 1.95 bits per heavy atom. The number of rotatable bonds is 4. The molecule has 0 unspecified atom stereocenters. The Kier molecular flexibility index (Phi) is 5.31. The van der Waals surface area contributed by atoms with Crippen molar-refractivity contribution in [3.05, 3.63) is 34.6 Å². The first-order valence-electron chi connectivity index (χ1n) is 6.47. The summed E-state index contributed by atoms with van der Waals surface area (Å²) < 4.78 is 13.7. The molecule has 0 atom stereocenters. The third-order valence-corrected chi connectivity index (χ3v) is 3.79. The highest BCUT2D eigenvalue weighted by Gasteiger charge is 2.20. The molecule has 1 aliphatic heterocycles. The van der Waals surface area contributed by atoms with Crippen LogP contribution >= 0.6 is 11.6 Å². The van der Waals surface area contributed by atoms with Crippen molar-refractivity contribution in [1.82, 2.24) is 15.2 Å². The average molecular weight is 301 g/mol. The summed E-state index contributed by atoms with van der Waals surface area (Å²) in [6.45, 7) is 3.82. The lowest BCUT2D eigenvalue weighted by molar-refractivity contribution is -0.122. The van der Waals surface area contributed by atoms with E-state index in [-0.39, 0.29) is 11.7 Å². The number of halogens is 2. The van der Waals surface area contributed by atoms with Gasteiger partial charge in [0.05, 0.1) is 6.54 Å². The molecule has 1 aliphatic rings. The summed E-state index contributed by atoms with van der Waals surface area (Å²) in [5, 5.41) is 0.454. The molecule has 20 heavy (non-hydrogen) atoms. The maximum atomic E-state index is 13.7. The predicted molar refractivity (Wildman–Crippen MR) is 75.5 cm³/mol. The maximum absolute atomic E-state index is 13.7. The van der Waals surface area contributed by atoms with Gasteiger partial charge in [-0.15, -0.1) is 0 Å². The number of carbonyl (C=O) groups is 1. The van der Waals surface area contributed by atoms with Crippen LogP contribution in [-0.4, -0.2) is 48.4 Å². The summed E-state index contributed by atoms with van der Waals surface area (Å²) in [5.41, 5.74) is 2.65. The lowest BCUT2D eigenvalue weighted by Crippen LogP contribution is -2.49. The number of benzene rings is 1. The van der Waals surface area contributed by atoms with Gasteiger partial charge in [0, 0.05) is 43.3 Å². The van der Waals surface area contributed by atoms with Gasteiger partial charge < -0.3 is 0 Å². The van der Waals surface area contributed by atoms with Gasteiger partial charge in [0.25, 0.3) is 0 Å². The Balaban J connectivity index is 1.87. The van der Waals surface area contributed by atoms with Crippen LogP contribution in [0, 0.1) is 5.82 Å². The molecule has 1 aromatic rings. The van der Waals surface area contributed by atoms with E-state index in [1.165, 1.54) is 6.07 Å². The predicted octanol–water partition coefficient (Wildman–Crippen LogP) is 0.587. The van der Waals surface area contributed by atoms with E-state index in [1.54, 1.807) is 12.1 Å². The van der Waals surface area contributed by atoms with Crippen molar-refractivity contribution in [2.45, 2.75) is 6.54 Å². The molecule has 5 nitrogen and oxygen atoms in total. The molecule has 1 fully saturated rings. The Hall–Kier alpha value is -1.21. The molecule has 110 valence electrons. The fourth-order valence-corrected chi connectivity index (χ4v) is 2.48. The van der Waals surface area contributed by atoms with E-state index in [2.05, 4.69) is 10.3 Å². The molecule has 1 heterocycles. The highest BCUT2D eigenvalue weighted by atomic mass is 35.5. The van der Waals surface area contributed by atoms with Crippen LogP contribution in [0.3, 0.4) is 0 Å². The Labute approximate surface area is 122 Å². The van der Waals surface area contributed by atoms with Gasteiger partial charge in [-0.1, -0.05) is 17.7 Å². The van der Waals surface area contributed by atoms with Crippen molar-refractivity contribution < 1.29 is 9.18 Å². The topological polar surface area (TPSA) is 61.6 Å². The van der Waals surface area contributed by atoms with Gasteiger partial charge in [-0.05, 0) is 12.1 Å². The Morgan fingerprint density at radius 3 is 2.55 bits per heavy atom. The standard InChI is InChI=1S/C13H18ClFN4O/c14-11-2-1-3-12(15)10(11)8-18-4-6-19(7-5-18)9-13(20)17-16/h1-3H,4-9,16H2,(H,17,20). The quantitative estimate of drug-likeness (QED) is 0.485. The molecule has 7 heteroatoms. The lowest BCUT2D eigenvalue weighted by Gasteiger charge is -2.34. The van der Waals surface area contributed by atoms with Crippen LogP contribution in [0.5, 0.6) is 0 Å². The normalized spacial score (nSPS) is 17.1. The monoisotopic (exact) mass is 300 g/mol. The van der Waals surface area contributed by atoms with Crippen LogP contribution in [0.25, 0.3) is 0 Å². The minimum absolute atomic E-state index is 0.199. The molecule has 0 saturated carbocycles. The number of amides is 1. The highest BCUT2D eigenvalue weighted by molar-refractivity contribution is 6.31. The van der Waals surface area contributed by atoms with Crippen LogP contribution in [0.4, 0.5) is 4.39 Å². The van der Waals surface area contributed by atoms with Crippen molar-refractivity contribution in [2.75, 3.05) is 32.7 Å². The summed E-state index contributed by atoms with van der Waals surface area (Å²) in [7, 11) is 0. The first-order valence-corrected chi connectivity index (χ1v) is 6.85. The van der Waals surface area contributed by atoms with E-state index in [0.717, 1.165) is 26.2 Å². The van der Waals surface area contributed by atoms with E-state index < -0.39 is 0 Å². The first kappa shape index (κ1) is 15.2. The summed E-state index contributed by atoms with van der Waals surface area (Å²) in [5.74, 6) is 4.58. The number of nitrogens with one attached hydrogen (secondary N) is 1. The third-order valence-electron chi connectivity index (χ3n) is 3.44. The van der Waals surface area contributed by atoms with E-state index >= 15 is 0 Å². The van der Waals surface area contributed by atoms with Crippen molar-refractivity contribution in [3.8, 4) is 0 Å². The number of carbonyl (C=O) groups excluding carboxylic acids is 1. The fourth-order valence-electron chi connectivity index (χ4n) is 2.26. The largest absolute Gasteiger partial charge is 0.296 e. The SMILES string of the molecule is NNC(=O)CN1CCN(Cc2c(F)cccc2Cl)CC1. The first-order chi connectivity index (χ1) is 9.60. The van der Waals surface area contributed by atoms with Crippen LogP contribution in [0.1, 0.15) is 5.56 Å². The van der Waals surface area contributed by atoms with Gasteiger partial charge in [-0.2, -0.15) is 0 Å². The van der Waals surface area contributed by atoms with Gasteiger partial charge in [-0.25, -0.2) is 10.2 Å². The molecule has 0 aliphatic carbocycles.